The molecule has 1 heterocycles. The van der Waals surface area contributed by atoms with E-state index in [1.807, 2.05) is 30.3 Å². The summed E-state index contributed by atoms with van der Waals surface area (Å²) in [6.07, 6.45) is 0. The van der Waals surface area contributed by atoms with Crippen molar-refractivity contribution in [3.63, 3.8) is 0 Å². The van der Waals surface area contributed by atoms with E-state index in [4.69, 9.17) is 9.47 Å². The third-order valence-electron chi connectivity index (χ3n) is 4.87. The van der Waals surface area contributed by atoms with Gasteiger partial charge in [-0.3, -0.25) is 9.59 Å². The molecule has 0 bridgehead atoms. The van der Waals surface area contributed by atoms with Crippen LogP contribution in [0.5, 0.6) is 11.5 Å². The highest BCUT2D eigenvalue weighted by Crippen LogP contribution is 2.26. The van der Waals surface area contributed by atoms with Crippen molar-refractivity contribution >= 4 is 22.4 Å². The Morgan fingerprint density at radius 3 is 2.16 bits per heavy atom. The number of aromatic nitrogens is 2. The first-order chi connectivity index (χ1) is 15.1. The number of methoxy groups -OCH3 is 2. The van der Waals surface area contributed by atoms with Crippen LogP contribution in [0.3, 0.4) is 0 Å². The molecule has 7 heteroatoms. The van der Waals surface area contributed by atoms with Gasteiger partial charge in [-0.15, -0.1) is 0 Å². The van der Waals surface area contributed by atoms with Crippen molar-refractivity contribution in [1.82, 2.24) is 9.78 Å². The molecule has 1 aromatic heterocycles. The van der Waals surface area contributed by atoms with Gasteiger partial charge >= 0.3 is 0 Å². The SMILES string of the molecule is COc1cc(NC(=O)c2nn(Cc3ccccc3)c(=O)c3ccccc23)cc(OC)c1. The molecule has 1 amide bonds. The lowest BCUT2D eigenvalue weighted by Crippen LogP contribution is -2.28. The number of ether oxygens (including phenoxy) is 2. The summed E-state index contributed by atoms with van der Waals surface area (Å²) in [7, 11) is 3.07. The zero-order chi connectivity index (χ0) is 21.8. The zero-order valence-electron chi connectivity index (χ0n) is 17.2. The minimum absolute atomic E-state index is 0.160. The molecule has 4 aromatic rings. The van der Waals surface area contributed by atoms with Crippen LogP contribution in [-0.4, -0.2) is 29.9 Å². The first-order valence-electron chi connectivity index (χ1n) is 9.67. The van der Waals surface area contributed by atoms with Crippen molar-refractivity contribution in [3.8, 4) is 11.5 Å². The van der Waals surface area contributed by atoms with Gasteiger partial charge in [0.05, 0.1) is 26.2 Å². The van der Waals surface area contributed by atoms with E-state index < -0.39 is 5.91 Å². The van der Waals surface area contributed by atoms with Crippen molar-refractivity contribution < 1.29 is 14.3 Å². The third kappa shape index (κ3) is 4.25. The van der Waals surface area contributed by atoms with E-state index >= 15 is 0 Å². The Kier molecular flexibility index (Phi) is 5.66. The number of anilines is 1. The lowest BCUT2D eigenvalue weighted by Gasteiger charge is -2.13. The van der Waals surface area contributed by atoms with Crippen molar-refractivity contribution in [2.75, 3.05) is 19.5 Å². The van der Waals surface area contributed by atoms with Gasteiger partial charge in [-0.2, -0.15) is 5.10 Å². The molecule has 1 N–H and O–H groups in total. The first kappa shape index (κ1) is 20.2. The summed E-state index contributed by atoms with van der Waals surface area (Å²) >= 11 is 0. The van der Waals surface area contributed by atoms with Crippen LogP contribution in [0.1, 0.15) is 16.1 Å². The van der Waals surface area contributed by atoms with E-state index in [1.54, 1.807) is 42.5 Å². The maximum atomic E-state index is 13.2. The zero-order valence-corrected chi connectivity index (χ0v) is 17.2. The van der Waals surface area contributed by atoms with Gasteiger partial charge in [-0.05, 0) is 11.6 Å². The predicted molar refractivity (Wildman–Crippen MR) is 119 cm³/mol. The van der Waals surface area contributed by atoms with Gasteiger partial charge in [0.2, 0.25) is 0 Å². The highest BCUT2D eigenvalue weighted by atomic mass is 16.5. The largest absolute Gasteiger partial charge is 0.497 e. The van der Waals surface area contributed by atoms with E-state index in [9.17, 15) is 9.59 Å². The minimum Gasteiger partial charge on any atom is -0.497 e. The molecule has 4 rings (SSSR count). The molecule has 31 heavy (non-hydrogen) atoms. The van der Waals surface area contributed by atoms with E-state index in [-0.39, 0.29) is 17.8 Å². The molecule has 0 saturated carbocycles. The molecule has 0 aliphatic rings. The van der Waals surface area contributed by atoms with E-state index in [1.165, 1.54) is 18.9 Å². The first-order valence-corrected chi connectivity index (χ1v) is 9.67. The quantitative estimate of drug-likeness (QED) is 0.519. The number of carbonyl (C=O) groups is 1. The molecule has 0 radical (unpaired) electrons. The smallest absolute Gasteiger partial charge is 0.276 e. The predicted octanol–water partition coefficient (Wildman–Crippen LogP) is 3.71. The van der Waals surface area contributed by atoms with E-state index in [0.717, 1.165) is 5.56 Å². The molecule has 0 saturated heterocycles. The summed E-state index contributed by atoms with van der Waals surface area (Å²) in [6.45, 7) is 0.262. The second-order valence-electron chi connectivity index (χ2n) is 6.90. The van der Waals surface area contributed by atoms with Crippen LogP contribution in [0.4, 0.5) is 5.69 Å². The number of fused-ring (bicyclic) bond motifs is 1. The summed E-state index contributed by atoms with van der Waals surface area (Å²) in [5.41, 5.74) is 1.32. The highest BCUT2D eigenvalue weighted by molar-refractivity contribution is 6.11. The molecule has 7 nitrogen and oxygen atoms in total. The van der Waals surface area contributed by atoms with Crippen LogP contribution in [0.2, 0.25) is 0 Å². The Hall–Kier alpha value is -4.13. The summed E-state index contributed by atoms with van der Waals surface area (Å²) in [6, 6.07) is 21.6. The Labute approximate surface area is 178 Å². The number of nitrogens with one attached hydrogen (secondary N) is 1. The Balaban J connectivity index is 1.77. The number of benzene rings is 3. The average molecular weight is 415 g/mol. The summed E-state index contributed by atoms with van der Waals surface area (Å²) in [5, 5.41) is 8.16. The number of amides is 1. The van der Waals surface area contributed by atoms with Gasteiger partial charge in [0.15, 0.2) is 5.69 Å². The molecular formula is C24H21N3O4. The molecule has 0 aliphatic carbocycles. The number of hydrogen-bond donors (Lipinski definition) is 1. The normalized spacial score (nSPS) is 10.6. The molecule has 0 atom stereocenters. The number of nitrogens with zero attached hydrogens (tertiary/aromatic N) is 2. The maximum Gasteiger partial charge on any atom is 0.276 e. The van der Waals surface area contributed by atoms with Gasteiger partial charge in [0.1, 0.15) is 11.5 Å². The Bertz CT molecular complexity index is 1280. The molecule has 156 valence electrons. The lowest BCUT2D eigenvalue weighted by molar-refractivity contribution is 0.102. The van der Waals surface area contributed by atoms with Crippen molar-refractivity contribution in [3.05, 3.63) is 94.4 Å². The monoisotopic (exact) mass is 415 g/mol. The summed E-state index contributed by atoms with van der Waals surface area (Å²) in [4.78, 5) is 26.1. The van der Waals surface area contributed by atoms with Crippen molar-refractivity contribution in [1.29, 1.82) is 0 Å². The fraction of sp³-hybridized carbons (Fsp3) is 0.125. The number of rotatable bonds is 6. The second kappa shape index (κ2) is 8.71. The lowest BCUT2D eigenvalue weighted by atomic mass is 10.1. The molecule has 3 aromatic carbocycles. The average Bonchev–Trinajstić information content (AvgIpc) is 2.81. The molecule has 0 aliphatic heterocycles. The van der Waals surface area contributed by atoms with Gasteiger partial charge in [0, 0.05) is 29.3 Å². The molecule has 0 spiro atoms. The minimum atomic E-state index is -0.437. The van der Waals surface area contributed by atoms with Crippen LogP contribution in [-0.2, 0) is 6.54 Å². The fourth-order valence-corrected chi connectivity index (χ4v) is 3.34. The van der Waals surface area contributed by atoms with Gasteiger partial charge in [-0.1, -0.05) is 48.5 Å². The highest BCUT2D eigenvalue weighted by Gasteiger charge is 2.17. The molecule has 0 unspecified atom stereocenters. The summed E-state index contributed by atoms with van der Waals surface area (Å²) in [5.74, 6) is 0.649. The Morgan fingerprint density at radius 2 is 1.52 bits per heavy atom. The van der Waals surface area contributed by atoms with E-state index in [0.29, 0.717) is 28.0 Å². The number of carbonyl (C=O) groups excluding carboxylic acids is 1. The third-order valence-corrected chi connectivity index (χ3v) is 4.87. The van der Waals surface area contributed by atoms with Crippen molar-refractivity contribution in [2.24, 2.45) is 0 Å². The van der Waals surface area contributed by atoms with Crippen LogP contribution >= 0.6 is 0 Å². The summed E-state index contributed by atoms with van der Waals surface area (Å²) < 4.78 is 11.8. The second-order valence-corrected chi connectivity index (χ2v) is 6.90. The van der Waals surface area contributed by atoms with Crippen LogP contribution < -0.4 is 20.3 Å². The molecular weight excluding hydrogens is 394 g/mol. The van der Waals surface area contributed by atoms with Gasteiger partial charge in [0.25, 0.3) is 11.5 Å². The van der Waals surface area contributed by atoms with Crippen LogP contribution in [0, 0.1) is 0 Å². The van der Waals surface area contributed by atoms with Crippen LogP contribution in [0.25, 0.3) is 10.8 Å². The van der Waals surface area contributed by atoms with Gasteiger partial charge in [-0.25, -0.2) is 4.68 Å². The number of hydrogen-bond acceptors (Lipinski definition) is 5. The topological polar surface area (TPSA) is 82.5 Å². The molecule has 0 fully saturated rings. The van der Waals surface area contributed by atoms with E-state index in [2.05, 4.69) is 10.4 Å². The maximum absolute atomic E-state index is 13.2. The van der Waals surface area contributed by atoms with Crippen molar-refractivity contribution in [2.45, 2.75) is 6.54 Å². The Morgan fingerprint density at radius 1 is 0.903 bits per heavy atom. The van der Waals surface area contributed by atoms with Crippen LogP contribution in [0.15, 0.2) is 77.6 Å². The fourth-order valence-electron chi connectivity index (χ4n) is 3.34. The standard InChI is InChI=1S/C24H21N3O4/c1-30-18-12-17(13-19(14-18)31-2)25-23(28)22-20-10-6-7-11-21(20)24(29)27(26-22)15-16-8-4-3-5-9-16/h3-14H,15H2,1-2H3,(H,25,28). The van der Waals surface area contributed by atoms with Gasteiger partial charge < -0.3 is 14.8 Å².